The summed E-state index contributed by atoms with van der Waals surface area (Å²) in [4.78, 5) is 11.9. The summed E-state index contributed by atoms with van der Waals surface area (Å²) in [6.07, 6.45) is 8.69. The van der Waals surface area contributed by atoms with Gasteiger partial charge in [-0.1, -0.05) is 50.5 Å². The molecule has 0 saturated carbocycles. The Morgan fingerprint density at radius 1 is 1.00 bits per heavy atom. The van der Waals surface area contributed by atoms with Gasteiger partial charge in [0.05, 0.1) is 0 Å². The van der Waals surface area contributed by atoms with Gasteiger partial charge >= 0.3 is 0 Å². The van der Waals surface area contributed by atoms with E-state index in [1.165, 1.54) is 31.2 Å². The molecule has 1 nitrogen and oxygen atoms in total. The molecule has 0 fully saturated rings. The van der Waals surface area contributed by atoms with E-state index in [1.54, 1.807) is 0 Å². The van der Waals surface area contributed by atoms with Crippen LogP contribution in [-0.2, 0) is 6.42 Å². The lowest BCUT2D eigenvalue weighted by molar-refractivity contribution is 0.0980. The van der Waals surface area contributed by atoms with E-state index in [4.69, 9.17) is 11.6 Å². The van der Waals surface area contributed by atoms with Crippen LogP contribution < -0.4 is 0 Å². The van der Waals surface area contributed by atoms with Crippen molar-refractivity contribution in [2.75, 3.05) is 5.88 Å². The van der Waals surface area contributed by atoms with Crippen molar-refractivity contribution in [3.63, 3.8) is 0 Å². The maximum atomic E-state index is 11.9. The number of halogens is 1. The molecule has 0 spiro atoms. The van der Waals surface area contributed by atoms with Crippen molar-refractivity contribution in [2.45, 2.75) is 58.3 Å². The number of rotatable bonds is 10. The third-order valence-corrected chi connectivity index (χ3v) is 3.65. The highest BCUT2D eigenvalue weighted by Crippen LogP contribution is 2.12. The molecule has 0 amide bonds. The van der Waals surface area contributed by atoms with E-state index in [-0.39, 0.29) is 5.78 Å². The molecule has 0 N–H and O–H groups in total. The fraction of sp³-hybridized carbons (Fsp3) is 0.588. The minimum absolute atomic E-state index is 0.239. The molecule has 0 aliphatic rings. The molecular weight excluding hydrogens is 256 g/mol. The minimum atomic E-state index is 0.239. The molecule has 0 bridgehead atoms. The third-order valence-electron chi connectivity index (χ3n) is 3.38. The maximum Gasteiger partial charge on any atom is 0.162 e. The van der Waals surface area contributed by atoms with Crippen molar-refractivity contribution in [3.05, 3.63) is 35.4 Å². The zero-order chi connectivity index (χ0) is 13.9. The Morgan fingerprint density at radius 3 is 2.37 bits per heavy atom. The second kappa shape index (κ2) is 10.0. The number of benzene rings is 1. The van der Waals surface area contributed by atoms with Gasteiger partial charge in [0.15, 0.2) is 5.78 Å². The molecule has 0 saturated heterocycles. The molecule has 0 aliphatic heterocycles. The minimum Gasteiger partial charge on any atom is -0.294 e. The third kappa shape index (κ3) is 6.77. The van der Waals surface area contributed by atoms with E-state index in [1.807, 2.05) is 12.1 Å². The van der Waals surface area contributed by atoms with Crippen LogP contribution in [0.25, 0.3) is 0 Å². The van der Waals surface area contributed by atoms with Gasteiger partial charge in [-0.05, 0) is 31.2 Å². The Labute approximate surface area is 122 Å². The van der Waals surface area contributed by atoms with Crippen molar-refractivity contribution in [1.82, 2.24) is 0 Å². The van der Waals surface area contributed by atoms with E-state index in [9.17, 15) is 4.79 Å². The molecule has 0 aliphatic carbocycles. The van der Waals surface area contributed by atoms with Gasteiger partial charge in [0, 0.05) is 17.9 Å². The normalized spacial score (nSPS) is 10.6. The lowest BCUT2D eigenvalue weighted by atomic mass is 10.0. The van der Waals surface area contributed by atoms with Crippen LogP contribution in [0.5, 0.6) is 0 Å². The predicted octanol–water partition coefficient (Wildman–Crippen LogP) is 5.40. The van der Waals surface area contributed by atoms with E-state index >= 15 is 0 Å². The van der Waals surface area contributed by atoms with Crippen LogP contribution in [0.1, 0.15) is 67.8 Å². The summed E-state index contributed by atoms with van der Waals surface area (Å²) in [5.41, 5.74) is 2.18. The van der Waals surface area contributed by atoms with Crippen LogP contribution in [0.4, 0.5) is 0 Å². The first-order valence-electron chi connectivity index (χ1n) is 7.46. The van der Waals surface area contributed by atoms with Crippen molar-refractivity contribution >= 4 is 17.4 Å². The van der Waals surface area contributed by atoms with Crippen molar-refractivity contribution in [2.24, 2.45) is 0 Å². The summed E-state index contributed by atoms with van der Waals surface area (Å²) >= 11 is 5.61. The molecule has 0 heterocycles. The lowest BCUT2D eigenvalue weighted by Gasteiger charge is -2.04. The molecular formula is C17H25ClO. The molecule has 106 valence electrons. The second-order valence-corrected chi connectivity index (χ2v) is 5.45. The number of Topliss-reactive ketones (excluding diaryl/α,β-unsaturated/α-hetero) is 1. The molecule has 0 radical (unpaired) electrons. The van der Waals surface area contributed by atoms with E-state index < -0.39 is 0 Å². The van der Waals surface area contributed by atoms with Crippen LogP contribution in [0, 0.1) is 0 Å². The molecule has 1 aromatic carbocycles. The largest absolute Gasteiger partial charge is 0.294 e. The monoisotopic (exact) mass is 280 g/mol. The van der Waals surface area contributed by atoms with Crippen molar-refractivity contribution in [1.29, 1.82) is 0 Å². The molecule has 1 aromatic rings. The molecule has 2 heteroatoms. The van der Waals surface area contributed by atoms with Gasteiger partial charge in [0.2, 0.25) is 0 Å². The summed E-state index contributed by atoms with van der Waals surface area (Å²) in [5.74, 6) is 0.881. The predicted molar refractivity (Wildman–Crippen MR) is 83.2 cm³/mol. The van der Waals surface area contributed by atoms with Gasteiger partial charge < -0.3 is 0 Å². The number of alkyl halides is 1. The fourth-order valence-corrected chi connectivity index (χ4v) is 2.33. The van der Waals surface area contributed by atoms with Crippen LogP contribution in [-0.4, -0.2) is 11.7 Å². The number of hydrogen-bond acceptors (Lipinski definition) is 1. The standard InChI is InChI=1S/C17H25ClO/c1-2-3-4-5-8-15-10-12-16(13-11-15)17(19)9-6-7-14-18/h10-13H,2-9,14H2,1H3. The fourth-order valence-electron chi connectivity index (χ4n) is 2.14. The molecule has 0 atom stereocenters. The van der Waals surface area contributed by atoms with Gasteiger partial charge in [-0.3, -0.25) is 4.79 Å². The number of ketones is 1. The maximum absolute atomic E-state index is 11.9. The number of carbonyl (C=O) groups is 1. The Bertz CT molecular complexity index is 356. The topological polar surface area (TPSA) is 17.1 Å². The Balaban J connectivity index is 2.36. The summed E-state index contributed by atoms with van der Waals surface area (Å²) in [6, 6.07) is 8.14. The van der Waals surface area contributed by atoms with Crippen LogP contribution in [0.15, 0.2) is 24.3 Å². The SMILES string of the molecule is CCCCCCc1ccc(C(=O)CCCCCl)cc1. The van der Waals surface area contributed by atoms with E-state index in [0.29, 0.717) is 12.3 Å². The number of carbonyl (C=O) groups excluding carboxylic acids is 1. The summed E-state index contributed by atoms with van der Waals surface area (Å²) < 4.78 is 0. The Kier molecular flexibility index (Phi) is 8.57. The summed E-state index contributed by atoms with van der Waals surface area (Å²) in [7, 11) is 0. The highest BCUT2D eigenvalue weighted by atomic mass is 35.5. The Hall–Kier alpha value is -0.820. The van der Waals surface area contributed by atoms with Crippen molar-refractivity contribution < 1.29 is 4.79 Å². The molecule has 1 rings (SSSR count). The number of unbranched alkanes of at least 4 members (excludes halogenated alkanes) is 4. The highest BCUT2D eigenvalue weighted by Gasteiger charge is 2.05. The number of hydrogen-bond donors (Lipinski definition) is 0. The van der Waals surface area contributed by atoms with Crippen LogP contribution in [0.3, 0.4) is 0 Å². The van der Waals surface area contributed by atoms with Gasteiger partial charge in [0.1, 0.15) is 0 Å². The average Bonchev–Trinajstić information content (AvgIpc) is 2.44. The molecule has 19 heavy (non-hydrogen) atoms. The molecule has 0 unspecified atom stereocenters. The molecule has 0 aromatic heterocycles. The first kappa shape index (κ1) is 16.2. The lowest BCUT2D eigenvalue weighted by Crippen LogP contribution is -1.99. The summed E-state index contributed by atoms with van der Waals surface area (Å²) in [6.45, 7) is 2.23. The first-order chi connectivity index (χ1) is 9.27. The van der Waals surface area contributed by atoms with Crippen LogP contribution in [0.2, 0.25) is 0 Å². The quantitative estimate of drug-likeness (QED) is 0.318. The average molecular weight is 281 g/mol. The van der Waals surface area contributed by atoms with Crippen molar-refractivity contribution in [3.8, 4) is 0 Å². The van der Waals surface area contributed by atoms with Gasteiger partial charge in [-0.15, -0.1) is 11.6 Å². The van der Waals surface area contributed by atoms with E-state index in [0.717, 1.165) is 24.8 Å². The zero-order valence-corrected chi connectivity index (χ0v) is 12.7. The van der Waals surface area contributed by atoms with Gasteiger partial charge in [-0.2, -0.15) is 0 Å². The second-order valence-electron chi connectivity index (χ2n) is 5.08. The van der Waals surface area contributed by atoms with Gasteiger partial charge in [-0.25, -0.2) is 0 Å². The van der Waals surface area contributed by atoms with E-state index in [2.05, 4.69) is 19.1 Å². The van der Waals surface area contributed by atoms with Gasteiger partial charge in [0.25, 0.3) is 0 Å². The first-order valence-corrected chi connectivity index (χ1v) is 7.99. The smallest absolute Gasteiger partial charge is 0.162 e. The summed E-state index contributed by atoms with van der Waals surface area (Å²) in [5, 5.41) is 0. The Morgan fingerprint density at radius 2 is 1.74 bits per heavy atom. The van der Waals surface area contributed by atoms with Crippen LogP contribution >= 0.6 is 11.6 Å². The highest BCUT2D eigenvalue weighted by molar-refractivity contribution is 6.17. The zero-order valence-electron chi connectivity index (χ0n) is 12.0. The number of aryl methyl sites for hydroxylation is 1.